The third-order valence-corrected chi connectivity index (χ3v) is 2.55. The number of hydrogen-bond acceptors (Lipinski definition) is 4. The number of rotatable bonds is 5. The van der Waals surface area contributed by atoms with Crippen LogP contribution in [0.4, 0.5) is 0 Å². The zero-order chi connectivity index (χ0) is 13.1. The van der Waals surface area contributed by atoms with E-state index in [9.17, 15) is 4.79 Å². The van der Waals surface area contributed by atoms with Crippen LogP contribution >= 0.6 is 0 Å². The molecule has 5 nitrogen and oxygen atoms in total. The van der Waals surface area contributed by atoms with E-state index in [1.54, 1.807) is 26.1 Å². The number of hydrogen-bond donors (Lipinski definition) is 1. The van der Waals surface area contributed by atoms with Crippen molar-refractivity contribution in [1.29, 1.82) is 0 Å². The number of nitrogens with zero attached hydrogens (tertiary/aromatic N) is 1. The van der Waals surface area contributed by atoms with E-state index in [0.717, 1.165) is 0 Å². The van der Waals surface area contributed by atoms with Crippen LogP contribution in [-0.4, -0.2) is 30.3 Å². The van der Waals surface area contributed by atoms with E-state index in [0.29, 0.717) is 17.2 Å². The average Bonchev–Trinajstić information content (AvgIpc) is 2.27. The Morgan fingerprint density at radius 2 is 2.06 bits per heavy atom. The summed E-state index contributed by atoms with van der Waals surface area (Å²) in [6.45, 7) is 3.30. The van der Waals surface area contributed by atoms with Crippen molar-refractivity contribution in [2.45, 2.75) is 20.3 Å². The lowest BCUT2D eigenvalue weighted by molar-refractivity contribution is -0.146. The molecule has 0 bridgehead atoms. The largest absolute Gasteiger partial charge is 0.493 e. The number of aliphatic carboxylic acids is 1. The molecule has 5 heteroatoms. The van der Waals surface area contributed by atoms with Gasteiger partial charge in [-0.05, 0) is 13.8 Å². The maximum absolute atomic E-state index is 11.1. The molecule has 1 rings (SSSR count). The van der Waals surface area contributed by atoms with Gasteiger partial charge in [-0.1, -0.05) is 0 Å². The van der Waals surface area contributed by atoms with Gasteiger partial charge in [-0.3, -0.25) is 9.78 Å². The van der Waals surface area contributed by atoms with Crippen molar-refractivity contribution in [2.75, 3.05) is 14.2 Å². The van der Waals surface area contributed by atoms with E-state index in [1.165, 1.54) is 14.2 Å². The first-order valence-corrected chi connectivity index (χ1v) is 5.21. The molecule has 0 aliphatic carbocycles. The first-order valence-electron chi connectivity index (χ1n) is 5.21. The summed E-state index contributed by atoms with van der Waals surface area (Å²) < 4.78 is 10.4. The second-order valence-corrected chi connectivity index (χ2v) is 4.36. The Morgan fingerprint density at radius 3 is 2.53 bits per heavy atom. The van der Waals surface area contributed by atoms with Gasteiger partial charge in [0.15, 0.2) is 11.5 Å². The Morgan fingerprint density at radius 1 is 1.41 bits per heavy atom. The van der Waals surface area contributed by atoms with Gasteiger partial charge in [0.25, 0.3) is 0 Å². The summed E-state index contributed by atoms with van der Waals surface area (Å²) >= 11 is 0. The fraction of sp³-hybridized carbons (Fsp3) is 0.500. The van der Waals surface area contributed by atoms with Crippen molar-refractivity contribution in [3.8, 4) is 11.5 Å². The first-order chi connectivity index (χ1) is 7.92. The van der Waals surface area contributed by atoms with Gasteiger partial charge in [0.2, 0.25) is 0 Å². The second-order valence-electron chi connectivity index (χ2n) is 4.36. The minimum atomic E-state index is -0.896. The molecule has 1 aromatic rings. The predicted molar refractivity (Wildman–Crippen MR) is 62.5 cm³/mol. The van der Waals surface area contributed by atoms with Crippen LogP contribution < -0.4 is 9.47 Å². The summed E-state index contributed by atoms with van der Waals surface area (Å²) in [5.41, 5.74) is -0.314. The molecule has 1 heterocycles. The molecule has 1 N–H and O–H groups in total. The SMILES string of the molecule is COc1ccnc(CC(C)(C)C(=O)O)c1OC. The van der Waals surface area contributed by atoms with Gasteiger partial charge < -0.3 is 14.6 Å². The van der Waals surface area contributed by atoms with Crippen molar-refractivity contribution in [1.82, 2.24) is 4.98 Å². The molecular formula is C12H17NO4. The normalized spacial score (nSPS) is 11.1. The number of pyridine rings is 1. The number of methoxy groups -OCH3 is 2. The smallest absolute Gasteiger partial charge is 0.309 e. The maximum atomic E-state index is 11.1. The summed E-state index contributed by atoms with van der Waals surface area (Å²) in [6.07, 6.45) is 1.86. The minimum absolute atomic E-state index is 0.280. The van der Waals surface area contributed by atoms with Gasteiger partial charge in [0.1, 0.15) is 0 Å². The highest BCUT2D eigenvalue weighted by atomic mass is 16.5. The molecule has 17 heavy (non-hydrogen) atoms. The van der Waals surface area contributed by atoms with Gasteiger partial charge in [-0.2, -0.15) is 0 Å². The Balaban J connectivity index is 3.10. The molecule has 0 fully saturated rings. The van der Waals surface area contributed by atoms with Crippen LogP contribution in [0.1, 0.15) is 19.5 Å². The molecule has 0 aromatic carbocycles. The van der Waals surface area contributed by atoms with Gasteiger partial charge in [0.05, 0.1) is 25.3 Å². The molecule has 0 spiro atoms. The Bertz CT molecular complexity index is 415. The molecule has 94 valence electrons. The number of aromatic nitrogens is 1. The molecule has 0 unspecified atom stereocenters. The van der Waals surface area contributed by atoms with E-state index in [4.69, 9.17) is 14.6 Å². The predicted octanol–water partition coefficient (Wildman–Crippen LogP) is 1.75. The summed E-state index contributed by atoms with van der Waals surface area (Å²) in [7, 11) is 3.04. The number of carbonyl (C=O) groups is 1. The number of carboxylic acid groups (broad SMARTS) is 1. The fourth-order valence-electron chi connectivity index (χ4n) is 1.47. The summed E-state index contributed by atoms with van der Waals surface area (Å²) in [5.74, 6) is 0.173. The molecular weight excluding hydrogens is 222 g/mol. The maximum Gasteiger partial charge on any atom is 0.309 e. The molecule has 0 aliphatic heterocycles. The first kappa shape index (κ1) is 13.3. The third kappa shape index (κ3) is 2.87. The van der Waals surface area contributed by atoms with Crippen molar-refractivity contribution in [2.24, 2.45) is 5.41 Å². The number of carboxylic acids is 1. The summed E-state index contributed by atoms with van der Waals surface area (Å²) in [4.78, 5) is 15.2. The van der Waals surface area contributed by atoms with Crippen molar-refractivity contribution in [3.05, 3.63) is 18.0 Å². The lowest BCUT2D eigenvalue weighted by Crippen LogP contribution is -2.26. The monoisotopic (exact) mass is 239 g/mol. The van der Waals surface area contributed by atoms with Crippen molar-refractivity contribution in [3.63, 3.8) is 0 Å². The van der Waals surface area contributed by atoms with E-state index >= 15 is 0 Å². The van der Waals surface area contributed by atoms with Crippen molar-refractivity contribution < 1.29 is 19.4 Å². The van der Waals surface area contributed by atoms with Crippen LogP contribution in [0.2, 0.25) is 0 Å². The standard InChI is InChI=1S/C12H17NO4/c1-12(2,11(14)15)7-8-10(17-4)9(16-3)5-6-13-8/h5-6H,7H2,1-4H3,(H,14,15). The Hall–Kier alpha value is -1.78. The van der Waals surface area contributed by atoms with E-state index in [-0.39, 0.29) is 6.42 Å². The van der Waals surface area contributed by atoms with Crippen LogP contribution in [0.25, 0.3) is 0 Å². The molecule has 0 atom stereocenters. The molecule has 0 aliphatic rings. The van der Waals surface area contributed by atoms with Gasteiger partial charge in [-0.15, -0.1) is 0 Å². The van der Waals surface area contributed by atoms with Crippen LogP contribution in [-0.2, 0) is 11.2 Å². The van der Waals surface area contributed by atoms with Gasteiger partial charge >= 0.3 is 5.97 Å². The highest BCUT2D eigenvalue weighted by Crippen LogP contribution is 2.33. The van der Waals surface area contributed by atoms with E-state index in [2.05, 4.69) is 4.98 Å². The summed E-state index contributed by atoms with van der Waals surface area (Å²) in [6, 6.07) is 1.68. The van der Waals surface area contributed by atoms with Crippen LogP contribution in [0.15, 0.2) is 12.3 Å². The van der Waals surface area contributed by atoms with Crippen molar-refractivity contribution >= 4 is 5.97 Å². The second kappa shape index (κ2) is 5.03. The lowest BCUT2D eigenvalue weighted by Gasteiger charge is -2.20. The fourth-order valence-corrected chi connectivity index (χ4v) is 1.47. The Labute approximate surface area is 100 Å². The molecule has 0 radical (unpaired) electrons. The zero-order valence-corrected chi connectivity index (χ0v) is 10.5. The van der Waals surface area contributed by atoms with Gasteiger partial charge in [0, 0.05) is 18.7 Å². The number of ether oxygens (including phenoxy) is 2. The summed E-state index contributed by atoms with van der Waals surface area (Å²) in [5, 5.41) is 9.09. The zero-order valence-electron chi connectivity index (χ0n) is 10.5. The van der Waals surface area contributed by atoms with Gasteiger partial charge in [-0.25, -0.2) is 0 Å². The topological polar surface area (TPSA) is 68.7 Å². The highest BCUT2D eigenvalue weighted by Gasteiger charge is 2.30. The molecule has 0 saturated heterocycles. The lowest BCUT2D eigenvalue weighted by atomic mass is 9.87. The highest BCUT2D eigenvalue weighted by molar-refractivity contribution is 5.74. The minimum Gasteiger partial charge on any atom is -0.493 e. The quantitative estimate of drug-likeness (QED) is 0.847. The van der Waals surface area contributed by atoms with Crippen LogP contribution in [0.3, 0.4) is 0 Å². The molecule has 1 aromatic heterocycles. The molecule has 0 saturated carbocycles. The Kier molecular flexibility index (Phi) is 3.93. The van der Waals surface area contributed by atoms with Crippen LogP contribution in [0, 0.1) is 5.41 Å². The van der Waals surface area contributed by atoms with E-state index < -0.39 is 11.4 Å². The third-order valence-electron chi connectivity index (χ3n) is 2.55. The van der Waals surface area contributed by atoms with Crippen LogP contribution in [0.5, 0.6) is 11.5 Å². The van der Waals surface area contributed by atoms with E-state index in [1.807, 2.05) is 0 Å². The average molecular weight is 239 g/mol. The molecule has 0 amide bonds.